The molecule has 0 fully saturated rings. The molecular weight excluding hydrogens is 464 g/mol. The lowest BCUT2D eigenvalue weighted by atomic mass is 10.0. The van der Waals surface area contributed by atoms with E-state index in [1.165, 1.54) is 0 Å². The Morgan fingerprint density at radius 2 is 1.49 bits per heavy atom. The van der Waals surface area contributed by atoms with Crippen LogP contribution >= 0.6 is 0 Å². The highest BCUT2D eigenvalue weighted by Crippen LogP contribution is 2.31. The van der Waals surface area contributed by atoms with Gasteiger partial charge in [0, 0.05) is 25.9 Å². The van der Waals surface area contributed by atoms with Crippen molar-refractivity contribution in [3.63, 3.8) is 0 Å². The molecule has 0 radical (unpaired) electrons. The second-order valence-corrected chi connectivity index (χ2v) is 9.83. The van der Waals surface area contributed by atoms with Crippen molar-refractivity contribution in [3.8, 4) is 11.5 Å². The number of hydrogen-bond acceptors (Lipinski definition) is 4. The number of aryl methyl sites for hydroxylation is 1. The SMILES string of the molecule is CC(C)CNC(=O)C(Cc1ccccc1)N(Cc1ccccc1)C(=O)CCc1ccc2c(c1)OCCO2. The molecule has 4 rings (SSSR count). The van der Waals surface area contributed by atoms with Gasteiger partial charge in [0.2, 0.25) is 11.8 Å². The zero-order valence-electron chi connectivity index (χ0n) is 21.7. The highest BCUT2D eigenvalue weighted by molar-refractivity contribution is 5.88. The van der Waals surface area contributed by atoms with Crippen LogP contribution in [0.5, 0.6) is 11.5 Å². The minimum absolute atomic E-state index is 0.0561. The molecule has 6 heteroatoms. The van der Waals surface area contributed by atoms with E-state index >= 15 is 0 Å². The van der Waals surface area contributed by atoms with Crippen molar-refractivity contribution in [2.45, 2.75) is 45.7 Å². The first-order valence-electron chi connectivity index (χ1n) is 13.0. The number of nitrogens with one attached hydrogen (secondary N) is 1. The Bertz CT molecular complexity index is 1160. The molecule has 37 heavy (non-hydrogen) atoms. The first-order valence-corrected chi connectivity index (χ1v) is 13.0. The fraction of sp³-hybridized carbons (Fsp3) is 0.355. The predicted molar refractivity (Wildman–Crippen MR) is 145 cm³/mol. The number of carbonyl (C=O) groups is 2. The molecule has 1 unspecified atom stereocenters. The monoisotopic (exact) mass is 500 g/mol. The van der Waals surface area contributed by atoms with E-state index in [1.54, 1.807) is 4.90 Å². The van der Waals surface area contributed by atoms with Gasteiger partial charge >= 0.3 is 0 Å². The second kappa shape index (κ2) is 12.9. The quantitative estimate of drug-likeness (QED) is 0.411. The van der Waals surface area contributed by atoms with E-state index in [9.17, 15) is 9.59 Å². The highest BCUT2D eigenvalue weighted by Gasteiger charge is 2.30. The lowest BCUT2D eigenvalue weighted by Gasteiger charge is -2.32. The van der Waals surface area contributed by atoms with Crippen LogP contribution in [-0.4, -0.2) is 42.5 Å². The largest absolute Gasteiger partial charge is 0.486 e. The molecule has 1 N–H and O–H groups in total. The first-order chi connectivity index (χ1) is 18.0. The Hall–Kier alpha value is -3.80. The standard InChI is InChI=1S/C31H36N2O4/c1-23(2)21-32-31(35)27(19-24-9-5-3-6-10-24)33(22-26-11-7-4-8-12-26)30(34)16-14-25-13-15-28-29(20-25)37-18-17-36-28/h3-13,15,20,23,27H,14,16-19,21-22H2,1-2H3,(H,32,35). The molecule has 0 saturated heterocycles. The minimum Gasteiger partial charge on any atom is -0.486 e. The van der Waals surface area contributed by atoms with Crippen molar-refractivity contribution >= 4 is 11.8 Å². The molecule has 3 aromatic carbocycles. The Kier molecular flexibility index (Phi) is 9.19. The summed E-state index contributed by atoms with van der Waals surface area (Å²) in [4.78, 5) is 29.0. The lowest BCUT2D eigenvalue weighted by Crippen LogP contribution is -2.51. The number of rotatable bonds is 11. The average molecular weight is 501 g/mol. The number of amides is 2. The Balaban J connectivity index is 1.56. The summed E-state index contributed by atoms with van der Waals surface area (Å²) in [6.45, 7) is 6.12. The van der Waals surface area contributed by atoms with Gasteiger partial charge in [0.05, 0.1) is 0 Å². The van der Waals surface area contributed by atoms with E-state index in [0.717, 1.165) is 22.4 Å². The second-order valence-electron chi connectivity index (χ2n) is 9.83. The molecule has 0 saturated carbocycles. The van der Waals surface area contributed by atoms with Crippen LogP contribution in [0.4, 0.5) is 0 Å². The van der Waals surface area contributed by atoms with Crippen molar-refractivity contribution in [2.24, 2.45) is 5.92 Å². The summed E-state index contributed by atoms with van der Waals surface area (Å²) < 4.78 is 11.3. The van der Waals surface area contributed by atoms with Crippen LogP contribution in [0.15, 0.2) is 78.9 Å². The van der Waals surface area contributed by atoms with E-state index in [2.05, 4.69) is 19.2 Å². The maximum Gasteiger partial charge on any atom is 0.243 e. The molecule has 2 amide bonds. The smallest absolute Gasteiger partial charge is 0.243 e. The molecule has 1 atom stereocenters. The van der Waals surface area contributed by atoms with E-state index in [0.29, 0.717) is 50.8 Å². The third-order valence-electron chi connectivity index (χ3n) is 6.39. The Morgan fingerprint density at radius 1 is 0.838 bits per heavy atom. The van der Waals surface area contributed by atoms with Gasteiger partial charge in [0.25, 0.3) is 0 Å². The molecule has 1 heterocycles. The van der Waals surface area contributed by atoms with Gasteiger partial charge in [-0.3, -0.25) is 9.59 Å². The molecule has 6 nitrogen and oxygen atoms in total. The van der Waals surface area contributed by atoms with Crippen molar-refractivity contribution in [3.05, 3.63) is 95.6 Å². The van der Waals surface area contributed by atoms with E-state index in [-0.39, 0.29) is 18.2 Å². The highest BCUT2D eigenvalue weighted by atomic mass is 16.6. The summed E-state index contributed by atoms with van der Waals surface area (Å²) in [6.07, 6.45) is 1.29. The number of benzene rings is 3. The number of nitrogens with zero attached hydrogens (tertiary/aromatic N) is 1. The normalized spacial score (nSPS) is 13.2. The molecule has 194 valence electrons. The van der Waals surface area contributed by atoms with Crippen LogP contribution in [-0.2, 0) is 29.0 Å². The molecule has 0 bridgehead atoms. The van der Waals surface area contributed by atoms with Gasteiger partial charge in [-0.1, -0.05) is 80.6 Å². The van der Waals surface area contributed by atoms with Crippen LogP contribution in [0.2, 0.25) is 0 Å². The van der Waals surface area contributed by atoms with Gasteiger partial charge in [-0.2, -0.15) is 0 Å². The summed E-state index contributed by atoms with van der Waals surface area (Å²) >= 11 is 0. The summed E-state index contributed by atoms with van der Waals surface area (Å²) in [5.74, 6) is 1.58. The lowest BCUT2D eigenvalue weighted by molar-refractivity contribution is -0.141. The zero-order valence-corrected chi connectivity index (χ0v) is 21.7. The fourth-order valence-electron chi connectivity index (χ4n) is 4.39. The van der Waals surface area contributed by atoms with Gasteiger partial charge < -0.3 is 19.7 Å². The van der Waals surface area contributed by atoms with Crippen molar-refractivity contribution in [1.82, 2.24) is 10.2 Å². The van der Waals surface area contributed by atoms with Crippen LogP contribution in [0, 0.1) is 5.92 Å². The van der Waals surface area contributed by atoms with Gasteiger partial charge in [-0.25, -0.2) is 0 Å². The summed E-state index contributed by atoms with van der Waals surface area (Å²) in [5.41, 5.74) is 3.01. The number of ether oxygens (including phenoxy) is 2. The average Bonchev–Trinajstić information content (AvgIpc) is 2.93. The first kappa shape index (κ1) is 26.3. The molecule has 0 aromatic heterocycles. The summed E-state index contributed by atoms with van der Waals surface area (Å²) in [5, 5.41) is 3.07. The topological polar surface area (TPSA) is 67.9 Å². The van der Waals surface area contributed by atoms with Crippen molar-refractivity contribution in [2.75, 3.05) is 19.8 Å². The molecule has 3 aromatic rings. The van der Waals surface area contributed by atoms with E-state index < -0.39 is 6.04 Å². The minimum atomic E-state index is -0.617. The maximum atomic E-state index is 13.8. The predicted octanol–water partition coefficient (Wildman–Crippen LogP) is 4.80. The number of carbonyl (C=O) groups excluding carboxylic acids is 2. The zero-order chi connectivity index (χ0) is 26.0. The van der Waals surface area contributed by atoms with Gasteiger partial charge in [-0.15, -0.1) is 0 Å². The molecular formula is C31H36N2O4. The van der Waals surface area contributed by atoms with Gasteiger partial charge in [0.1, 0.15) is 19.3 Å². The van der Waals surface area contributed by atoms with Crippen LogP contribution in [0.3, 0.4) is 0 Å². The van der Waals surface area contributed by atoms with E-state index in [4.69, 9.17) is 9.47 Å². The maximum absolute atomic E-state index is 13.8. The number of fused-ring (bicyclic) bond motifs is 1. The number of hydrogen-bond donors (Lipinski definition) is 1. The van der Waals surface area contributed by atoms with Crippen LogP contribution in [0.25, 0.3) is 0 Å². The van der Waals surface area contributed by atoms with Crippen molar-refractivity contribution < 1.29 is 19.1 Å². The Labute approximate surface area is 219 Å². The third-order valence-corrected chi connectivity index (χ3v) is 6.39. The van der Waals surface area contributed by atoms with E-state index in [1.807, 2.05) is 78.9 Å². The molecule has 1 aliphatic rings. The van der Waals surface area contributed by atoms with Crippen LogP contribution in [0.1, 0.15) is 37.0 Å². The fourth-order valence-corrected chi connectivity index (χ4v) is 4.39. The molecule has 0 spiro atoms. The summed E-state index contributed by atoms with van der Waals surface area (Å²) in [6, 6.07) is 24.9. The molecule has 1 aliphatic heterocycles. The van der Waals surface area contributed by atoms with Crippen molar-refractivity contribution in [1.29, 1.82) is 0 Å². The Morgan fingerprint density at radius 3 is 2.16 bits per heavy atom. The summed E-state index contributed by atoms with van der Waals surface area (Å²) in [7, 11) is 0. The third kappa shape index (κ3) is 7.59. The molecule has 0 aliphatic carbocycles. The van der Waals surface area contributed by atoms with Crippen LogP contribution < -0.4 is 14.8 Å². The van der Waals surface area contributed by atoms with Gasteiger partial charge in [0.15, 0.2) is 11.5 Å². The van der Waals surface area contributed by atoms with Gasteiger partial charge in [-0.05, 0) is 41.2 Å².